The van der Waals surface area contributed by atoms with Crippen LogP contribution in [0.2, 0.25) is 5.02 Å². The van der Waals surface area contributed by atoms with Crippen molar-refractivity contribution < 1.29 is 5.11 Å². The second kappa shape index (κ2) is 6.65. The van der Waals surface area contributed by atoms with Crippen LogP contribution in [0.4, 0.5) is 5.82 Å². The van der Waals surface area contributed by atoms with E-state index in [9.17, 15) is 5.11 Å². The Bertz CT molecular complexity index is 884. The third-order valence-electron chi connectivity index (χ3n) is 4.94. The highest BCUT2D eigenvalue weighted by Gasteiger charge is 2.31. The van der Waals surface area contributed by atoms with E-state index >= 15 is 0 Å². The van der Waals surface area contributed by atoms with Crippen molar-refractivity contribution >= 4 is 28.5 Å². The number of rotatable bonds is 4. The van der Waals surface area contributed by atoms with Crippen LogP contribution in [0.25, 0.3) is 11.0 Å². The van der Waals surface area contributed by atoms with E-state index in [1.807, 2.05) is 36.5 Å². The van der Waals surface area contributed by atoms with Gasteiger partial charge in [0.05, 0.1) is 11.5 Å². The smallest absolute Gasteiger partial charge is 0.145 e. The van der Waals surface area contributed by atoms with Crippen LogP contribution in [-0.2, 0) is 6.54 Å². The molecule has 25 heavy (non-hydrogen) atoms. The largest absolute Gasteiger partial charge is 0.393 e. The first-order chi connectivity index (χ1) is 12.1. The second-order valence-corrected chi connectivity index (χ2v) is 6.99. The highest BCUT2D eigenvalue weighted by Crippen LogP contribution is 2.36. The molecule has 2 N–H and O–H groups in total. The van der Waals surface area contributed by atoms with E-state index < -0.39 is 0 Å². The quantitative estimate of drug-likeness (QED) is 0.746. The molecule has 1 aromatic carbocycles. The Kier molecular flexibility index (Phi) is 4.36. The Labute approximate surface area is 151 Å². The van der Waals surface area contributed by atoms with Crippen LogP contribution in [-0.4, -0.2) is 25.7 Å². The number of benzene rings is 1. The number of halogens is 1. The van der Waals surface area contributed by atoms with E-state index in [0.717, 1.165) is 33.9 Å². The number of nitrogens with one attached hydrogen (secondary N) is 1. The lowest BCUT2D eigenvalue weighted by Gasteiger charge is -2.13. The number of hydrogen-bond acceptors (Lipinski definition) is 4. The lowest BCUT2D eigenvalue weighted by molar-refractivity contribution is 0.149. The molecule has 0 amide bonds. The van der Waals surface area contributed by atoms with Crippen LogP contribution >= 0.6 is 11.6 Å². The van der Waals surface area contributed by atoms with Gasteiger partial charge in [-0.2, -0.15) is 0 Å². The van der Waals surface area contributed by atoms with Gasteiger partial charge >= 0.3 is 0 Å². The minimum atomic E-state index is -0.345. The van der Waals surface area contributed by atoms with E-state index in [0.29, 0.717) is 13.0 Å². The number of fused-ring (bicyclic) bond motifs is 1. The summed E-state index contributed by atoms with van der Waals surface area (Å²) < 4.78 is 2.13. The maximum absolute atomic E-state index is 10.00. The minimum Gasteiger partial charge on any atom is -0.393 e. The van der Waals surface area contributed by atoms with Crippen molar-refractivity contribution in [1.29, 1.82) is 0 Å². The molecule has 0 aliphatic heterocycles. The number of nitrogens with zero attached hydrogens (tertiary/aromatic N) is 3. The molecular weight excluding hydrogens is 336 g/mol. The highest BCUT2D eigenvalue weighted by molar-refractivity contribution is 6.31. The lowest BCUT2D eigenvalue weighted by Crippen LogP contribution is -2.09. The van der Waals surface area contributed by atoms with Crippen molar-refractivity contribution in [2.45, 2.75) is 31.5 Å². The number of aliphatic hydroxyl groups excluding tert-OH is 1. The van der Waals surface area contributed by atoms with Crippen LogP contribution < -0.4 is 5.32 Å². The van der Waals surface area contributed by atoms with Gasteiger partial charge in [-0.1, -0.05) is 29.8 Å². The zero-order valence-corrected chi connectivity index (χ0v) is 14.5. The Morgan fingerprint density at radius 1 is 1.24 bits per heavy atom. The van der Waals surface area contributed by atoms with Crippen molar-refractivity contribution in [3.05, 3.63) is 60.4 Å². The summed E-state index contributed by atoms with van der Waals surface area (Å²) in [4.78, 5) is 8.83. The van der Waals surface area contributed by atoms with Crippen molar-refractivity contribution in [2.24, 2.45) is 5.92 Å². The first kappa shape index (κ1) is 16.4. The summed E-state index contributed by atoms with van der Waals surface area (Å²) >= 11 is 6.22. The van der Waals surface area contributed by atoms with E-state index in [2.05, 4.69) is 26.8 Å². The SMILES string of the molecule is [CH2][C@H]1C[C@@H](n2ccc3c(NCc4ccccc4Cl)ncnc32)C[C@@H]1O. The summed E-state index contributed by atoms with van der Waals surface area (Å²) in [7, 11) is 0. The molecule has 4 rings (SSSR count). The monoisotopic (exact) mass is 355 g/mol. The zero-order chi connectivity index (χ0) is 17.4. The Hall–Kier alpha value is -2.11. The zero-order valence-electron chi connectivity index (χ0n) is 13.8. The third-order valence-corrected chi connectivity index (χ3v) is 5.31. The topological polar surface area (TPSA) is 63.0 Å². The molecule has 1 fully saturated rings. The van der Waals surface area contributed by atoms with Gasteiger partial charge in [-0.15, -0.1) is 0 Å². The molecular formula is C19H20ClN4O. The summed E-state index contributed by atoms with van der Waals surface area (Å²) in [5.74, 6) is 0.857. The molecule has 3 atom stereocenters. The molecule has 3 aromatic rings. The fourth-order valence-corrected chi connectivity index (χ4v) is 3.73. The first-order valence-corrected chi connectivity index (χ1v) is 8.81. The van der Waals surface area contributed by atoms with Crippen LogP contribution in [0.5, 0.6) is 0 Å². The first-order valence-electron chi connectivity index (χ1n) is 8.43. The van der Waals surface area contributed by atoms with Crippen molar-refractivity contribution in [3.8, 4) is 0 Å². The predicted octanol–water partition coefficient (Wildman–Crippen LogP) is 3.84. The summed E-state index contributed by atoms with van der Waals surface area (Å²) in [6.07, 6.45) is 4.82. The van der Waals surface area contributed by atoms with Crippen LogP contribution in [0.1, 0.15) is 24.4 Å². The number of anilines is 1. The Morgan fingerprint density at radius 3 is 2.84 bits per heavy atom. The van der Waals surface area contributed by atoms with Gasteiger partial charge in [-0.3, -0.25) is 0 Å². The number of hydrogen-bond donors (Lipinski definition) is 2. The van der Waals surface area contributed by atoms with Gasteiger partial charge in [0.15, 0.2) is 0 Å². The Balaban J connectivity index is 1.60. The van der Waals surface area contributed by atoms with E-state index in [1.54, 1.807) is 6.33 Å². The fraction of sp³-hybridized carbons (Fsp3) is 0.316. The van der Waals surface area contributed by atoms with Crippen molar-refractivity contribution in [3.63, 3.8) is 0 Å². The van der Waals surface area contributed by atoms with Gasteiger partial charge < -0.3 is 15.0 Å². The van der Waals surface area contributed by atoms with E-state index in [-0.39, 0.29) is 18.1 Å². The molecule has 0 unspecified atom stereocenters. The highest BCUT2D eigenvalue weighted by atomic mass is 35.5. The maximum atomic E-state index is 10.00. The molecule has 129 valence electrons. The van der Waals surface area contributed by atoms with Gasteiger partial charge in [0.2, 0.25) is 0 Å². The molecule has 0 saturated heterocycles. The molecule has 1 aliphatic carbocycles. The van der Waals surface area contributed by atoms with Gasteiger partial charge in [-0.25, -0.2) is 9.97 Å². The maximum Gasteiger partial charge on any atom is 0.145 e. The van der Waals surface area contributed by atoms with Gasteiger partial charge in [0, 0.05) is 23.8 Å². The van der Waals surface area contributed by atoms with Crippen LogP contribution in [0.3, 0.4) is 0 Å². The van der Waals surface area contributed by atoms with Gasteiger partial charge in [-0.05, 0) is 43.4 Å². The summed E-state index contributed by atoms with van der Waals surface area (Å²) in [6.45, 7) is 4.62. The summed E-state index contributed by atoms with van der Waals surface area (Å²) in [5.41, 5.74) is 1.90. The standard InChI is InChI=1S/C19H20ClN4O/c1-12-8-14(9-17(12)25)24-7-6-15-18(22-11-23-19(15)24)21-10-13-4-2-3-5-16(13)20/h2-7,11-12,14,17,25H,1,8-10H2,(H,21,22,23)/t12-,14+,17-/m0/s1. The summed E-state index contributed by atoms with van der Waals surface area (Å²) in [5, 5.41) is 15.1. The molecule has 1 radical (unpaired) electrons. The van der Waals surface area contributed by atoms with E-state index in [1.165, 1.54) is 0 Å². The minimum absolute atomic E-state index is 0.0714. The second-order valence-electron chi connectivity index (χ2n) is 6.58. The number of aromatic nitrogens is 3. The molecule has 5 nitrogen and oxygen atoms in total. The molecule has 1 saturated carbocycles. The van der Waals surface area contributed by atoms with Crippen molar-refractivity contribution in [2.75, 3.05) is 5.32 Å². The van der Waals surface area contributed by atoms with E-state index in [4.69, 9.17) is 11.6 Å². The average Bonchev–Trinajstić information content (AvgIpc) is 3.18. The average molecular weight is 356 g/mol. The molecule has 2 aromatic heterocycles. The Morgan fingerprint density at radius 2 is 2.08 bits per heavy atom. The van der Waals surface area contributed by atoms with Gasteiger partial charge in [0.25, 0.3) is 0 Å². The molecule has 2 heterocycles. The van der Waals surface area contributed by atoms with Gasteiger partial charge in [0.1, 0.15) is 17.8 Å². The molecule has 0 bridgehead atoms. The summed E-state index contributed by atoms with van der Waals surface area (Å²) in [6, 6.07) is 10.0. The lowest BCUT2D eigenvalue weighted by atomic mass is 10.1. The predicted molar refractivity (Wildman–Crippen MR) is 99.4 cm³/mol. The van der Waals surface area contributed by atoms with Crippen LogP contribution in [0.15, 0.2) is 42.9 Å². The number of aliphatic hydroxyl groups is 1. The van der Waals surface area contributed by atoms with Crippen LogP contribution in [0, 0.1) is 12.8 Å². The molecule has 6 heteroatoms. The fourth-order valence-electron chi connectivity index (χ4n) is 3.53. The normalized spacial score (nSPS) is 23.2. The molecule has 1 aliphatic rings. The third kappa shape index (κ3) is 3.10. The van der Waals surface area contributed by atoms with Crippen molar-refractivity contribution in [1.82, 2.24) is 14.5 Å². The molecule has 0 spiro atoms.